The molecule has 0 aliphatic rings. The number of methoxy groups -OCH3 is 2. The Morgan fingerprint density at radius 1 is 1.00 bits per heavy atom. The van der Waals surface area contributed by atoms with Gasteiger partial charge in [0.25, 0.3) is 0 Å². The molecular weight excluding hydrogens is 344 g/mol. The molecule has 0 fully saturated rings. The Morgan fingerprint density at radius 3 is 2.32 bits per heavy atom. The van der Waals surface area contributed by atoms with Gasteiger partial charge >= 0.3 is 0 Å². The van der Waals surface area contributed by atoms with E-state index in [-0.39, 0.29) is 12.3 Å². The number of rotatable bonds is 7. The second-order valence-electron chi connectivity index (χ2n) is 5.17. The minimum absolute atomic E-state index is 0.305. The number of anilines is 1. The Kier molecular flexibility index (Phi) is 6.65. The number of carbonyl (C=O) groups is 2. The zero-order chi connectivity index (χ0) is 18.2. The third-order valence-electron chi connectivity index (χ3n) is 3.40. The van der Waals surface area contributed by atoms with Gasteiger partial charge in [0.15, 0.2) is 0 Å². The normalized spacial score (nSPS) is 10.0. The molecule has 0 spiro atoms. The molecule has 0 radical (unpaired) electrons. The summed E-state index contributed by atoms with van der Waals surface area (Å²) < 4.78 is 10.3. The summed E-state index contributed by atoms with van der Waals surface area (Å²) >= 11 is 6.02. The number of halogens is 1. The van der Waals surface area contributed by atoms with Crippen molar-refractivity contribution in [2.45, 2.75) is 13.0 Å². The monoisotopic (exact) mass is 362 g/mol. The van der Waals surface area contributed by atoms with Gasteiger partial charge in [-0.25, -0.2) is 0 Å². The van der Waals surface area contributed by atoms with E-state index in [0.717, 1.165) is 5.56 Å². The van der Waals surface area contributed by atoms with Crippen LogP contribution in [-0.2, 0) is 16.1 Å². The summed E-state index contributed by atoms with van der Waals surface area (Å²) in [6, 6.07) is 12.5. The van der Waals surface area contributed by atoms with E-state index in [1.54, 1.807) is 6.07 Å². The lowest BCUT2D eigenvalue weighted by Gasteiger charge is -2.13. The standard InChI is InChI=1S/C18H19ClN2O4/c1-24-15-9-14(16(25-2)8-13(15)19)21-18(23)10-17(22)20-11-12-6-4-3-5-7-12/h3-9H,10-11H2,1-2H3,(H,20,22)(H,21,23). The van der Waals surface area contributed by atoms with Crippen molar-refractivity contribution >= 4 is 29.1 Å². The second-order valence-corrected chi connectivity index (χ2v) is 5.58. The minimum Gasteiger partial charge on any atom is -0.495 e. The lowest BCUT2D eigenvalue weighted by Crippen LogP contribution is -2.27. The number of ether oxygens (including phenoxy) is 2. The molecule has 2 amide bonds. The summed E-state index contributed by atoms with van der Waals surface area (Å²) in [6.45, 7) is 0.366. The summed E-state index contributed by atoms with van der Waals surface area (Å²) in [4.78, 5) is 24.0. The third kappa shape index (κ3) is 5.39. The number of carbonyl (C=O) groups excluding carboxylic acids is 2. The highest BCUT2D eigenvalue weighted by atomic mass is 35.5. The molecule has 0 heterocycles. The molecule has 0 aromatic heterocycles. The fourth-order valence-corrected chi connectivity index (χ4v) is 2.39. The van der Waals surface area contributed by atoms with E-state index in [0.29, 0.717) is 28.8 Å². The van der Waals surface area contributed by atoms with E-state index in [9.17, 15) is 9.59 Å². The highest BCUT2D eigenvalue weighted by Crippen LogP contribution is 2.35. The Bertz CT molecular complexity index is 750. The average Bonchev–Trinajstić information content (AvgIpc) is 2.61. The Balaban J connectivity index is 1.94. The van der Waals surface area contributed by atoms with Crippen LogP contribution in [0, 0.1) is 0 Å². The first-order valence-electron chi connectivity index (χ1n) is 7.55. The highest BCUT2D eigenvalue weighted by molar-refractivity contribution is 6.32. The van der Waals surface area contributed by atoms with E-state index >= 15 is 0 Å². The summed E-state index contributed by atoms with van der Waals surface area (Å²) in [6.07, 6.45) is -0.305. The van der Waals surface area contributed by atoms with Crippen LogP contribution in [0.25, 0.3) is 0 Å². The van der Waals surface area contributed by atoms with Gasteiger partial charge in [-0.05, 0) is 5.56 Å². The number of amides is 2. The number of nitrogens with one attached hydrogen (secondary N) is 2. The molecule has 0 aliphatic heterocycles. The van der Waals surface area contributed by atoms with Crippen molar-refractivity contribution in [1.82, 2.24) is 5.32 Å². The van der Waals surface area contributed by atoms with Gasteiger partial charge in [0.05, 0.1) is 24.9 Å². The molecule has 0 aliphatic carbocycles. The van der Waals surface area contributed by atoms with Crippen molar-refractivity contribution in [3.05, 3.63) is 53.1 Å². The fraction of sp³-hybridized carbons (Fsp3) is 0.222. The molecule has 0 saturated carbocycles. The third-order valence-corrected chi connectivity index (χ3v) is 3.70. The lowest BCUT2D eigenvalue weighted by molar-refractivity contribution is -0.126. The summed E-state index contributed by atoms with van der Waals surface area (Å²) in [7, 11) is 2.93. The number of hydrogen-bond donors (Lipinski definition) is 2. The van der Waals surface area contributed by atoms with Crippen LogP contribution in [0.5, 0.6) is 11.5 Å². The number of hydrogen-bond acceptors (Lipinski definition) is 4. The van der Waals surface area contributed by atoms with Crippen molar-refractivity contribution in [1.29, 1.82) is 0 Å². The van der Waals surface area contributed by atoms with Crippen LogP contribution in [-0.4, -0.2) is 26.0 Å². The smallest absolute Gasteiger partial charge is 0.233 e. The van der Waals surface area contributed by atoms with E-state index < -0.39 is 5.91 Å². The molecule has 0 bridgehead atoms. The molecule has 2 aromatic carbocycles. The predicted octanol–water partition coefficient (Wildman–Crippen LogP) is 3.00. The summed E-state index contributed by atoms with van der Waals surface area (Å²) in [5.41, 5.74) is 1.34. The zero-order valence-electron chi connectivity index (χ0n) is 14.0. The Labute approximate surface area is 151 Å². The van der Waals surface area contributed by atoms with Gasteiger partial charge in [-0.1, -0.05) is 41.9 Å². The molecule has 2 aromatic rings. The molecule has 2 rings (SSSR count). The molecule has 132 valence electrons. The van der Waals surface area contributed by atoms with Crippen LogP contribution in [0.3, 0.4) is 0 Å². The summed E-state index contributed by atoms with van der Waals surface area (Å²) in [5, 5.41) is 5.69. The molecule has 2 N–H and O–H groups in total. The van der Waals surface area contributed by atoms with Gasteiger partial charge in [0.1, 0.15) is 17.9 Å². The topological polar surface area (TPSA) is 76.7 Å². The van der Waals surface area contributed by atoms with Gasteiger partial charge in [0.2, 0.25) is 11.8 Å². The molecule has 0 saturated heterocycles. The SMILES string of the molecule is COc1cc(NC(=O)CC(=O)NCc2ccccc2)c(OC)cc1Cl. The molecular formula is C18H19ClN2O4. The Hall–Kier alpha value is -2.73. The van der Waals surface area contributed by atoms with Crippen molar-refractivity contribution < 1.29 is 19.1 Å². The second kappa shape index (κ2) is 8.94. The van der Waals surface area contributed by atoms with Crippen LogP contribution in [0.15, 0.2) is 42.5 Å². The lowest BCUT2D eigenvalue weighted by atomic mass is 10.2. The fourth-order valence-electron chi connectivity index (χ4n) is 2.16. The van der Waals surface area contributed by atoms with Crippen molar-refractivity contribution in [2.75, 3.05) is 19.5 Å². The number of benzene rings is 2. The Morgan fingerprint density at radius 2 is 1.68 bits per heavy atom. The maximum absolute atomic E-state index is 12.1. The van der Waals surface area contributed by atoms with Crippen molar-refractivity contribution in [3.8, 4) is 11.5 Å². The van der Waals surface area contributed by atoms with Crippen LogP contribution in [0.2, 0.25) is 5.02 Å². The molecule has 7 heteroatoms. The first-order chi connectivity index (χ1) is 12.0. The van der Waals surface area contributed by atoms with Gasteiger partial charge in [-0.15, -0.1) is 0 Å². The van der Waals surface area contributed by atoms with E-state index in [1.165, 1.54) is 20.3 Å². The maximum Gasteiger partial charge on any atom is 0.233 e. The zero-order valence-corrected chi connectivity index (χ0v) is 14.7. The first-order valence-corrected chi connectivity index (χ1v) is 7.93. The summed E-state index contributed by atoms with van der Waals surface area (Å²) in [5.74, 6) is -0.0652. The van der Waals surface area contributed by atoms with Crippen LogP contribution < -0.4 is 20.1 Å². The highest BCUT2D eigenvalue weighted by Gasteiger charge is 2.15. The van der Waals surface area contributed by atoms with Gasteiger partial charge in [-0.3, -0.25) is 9.59 Å². The van der Waals surface area contributed by atoms with E-state index in [4.69, 9.17) is 21.1 Å². The van der Waals surface area contributed by atoms with E-state index in [1.807, 2.05) is 30.3 Å². The largest absolute Gasteiger partial charge is 0.495 e. The molecule has 25 heavy (non-hydrogen) atoms. The van der Waals surface area contributed by atoms with Crippen LogP contribution in [0.4, 0.5) is 5.69 Å². The molecule has 0 atom stereocenters. The van der Waals surface area contributed by atoms with Crippen molar-refractivity contribution in [3.63, 3.8) is 0 Å². The minimum atomic E-state index is -0.465. The quantitative estimate of drug-likeness (QED) is 0.742. The van der Waals surface area contributed by atoms with Crippen molar-refractivity contribution in [2.24, 2.45) is 0 Å². The van der Waals surface area contributed by atoms with Crippen LogP contribution in [0.1, 0.15) is 12.0 Å². The average molecular weight is 363 g/mol. The first kappa shape index (κ1) is 18.6. The van der Waals surface area contributed by atoms with Gasteiger partial charge in [-0.2, -0.15) is 0 Å². The predicted molar refractivity (Wildman–Crippen MR) is 96.1 cm³/mol. The molecule has 6 nitrogen and oxygen atoms in total. The maximum atomic E-state index is 12.1. The van der Waals surface area contributed by atoms with Gasteiger partial charge in [0, 0.05) is 18.7 Å². The molecule has 0 unspecified atom stereocenters. The van der Waals surface area contributed by atoms with Gasteiger partial charge < -0.3 is 20.1 Å². The van der Waals surface area contributed by atoms with E-state index in [2.05, 4.69) is 10.6 Å². The van der Waals surface area contributed by atoms with Crippen LogP contribution >= 0.6 is 11.6 Å².